The van der Waals surface area contributed by atoms with Gasteiger partial charge >= 0.3 is 11.7 Å². The number of aromatic carboxylic acids is 1. The lowest BCUT2D eigenvalue weighted by Crippen LogP contribution is -2.03. The average molecular weight is 309 g/mol. The van der Waals surface area contributed by atoms with Crippen LogP contribution >= 0.6 is 11.6 Å². The van der Waals surface area contributed by atoms with E-state index in [0.29, 0.717) is 5.56 Å². The zero-order valence-corrected chi connectivity index (χ0v) is 11.5. The minimum atomic E-state index is -1.24. The highest BCUT2D eigenvalue weighted by molar-refractivity contribution is 6.30. The molecule has 0 aliphatic heterocycles. The van der Waals surface area contributed by atoms with Crippen LogP contribution in [0.15, 0.2) is 30.5 Å². The van der Waals surface area contributed by atoms with Crippen molar-refractivity contribution in [1.82, 2.24) is 4.98 Å². The second-order valence-corrected chi connectivity index (χ2v) is 4.52. The van der Waals surface area contributed by atoms with Crippen LogP contribution < -0.4 is 4.74 Å². The molecule has 0 atom stereocenters. The summed E-state index contributed by atoms with van der Waals surface area (Å²) in [5, 5.41) is 20.4. The molecule has 1 heterocycles. The molecule has 0 saturated carbocycles. The van der Waals surface area contributed by atoms with Crippen molar-refractivity contribution in [3.8, 4) is 11.6 Å². The number of rotatable bonds is 4. The summed E-state index contributed by atoms with van der Waals surface area (Å²) in [5.74, 6) is -1.64. The molecule has 0 fully saturated rings. The summed E-state index contributed by atoms with van der Waals surface area (Å²) in [6.07, 6.45) is 1.34. The second kappa shape index (κ2) is 5.76. The van der Waals surface area contributed by atoms with Gasteiger partial charge in [0.15, 0.2) is 0 Å². The molecule has 0 aliphatic carbocycles. The Morgan fingerprint density at radius 3 is 2.76 bits per heavy atom. The quantitative estimate of drug-likeness (QED) is 0.685. The van der Waals surface area contributed by atoms with Crippen LogP contribution in [0, 0.1) is 17.0 Å². The van der Waals surface area contributed by atoms with Crippen LogP contribution in [-0.4, -0.2) is 21.0 Å². The Bertz CT molecular complexity index is 732. The van der Waals surface area contributed by atoms with Gasteiger partial charge in [-0.15, -0.1) is 0 Å². The first-order valence-corrected chi connectivity index (χ1v) is 6.08. The Kier molecular flexibility index (Phi) is 4.04. The van der Waals surface area contributed by atoms with Gasteiger partial charge in [-0.05, 0) is 25.1 Å². The van der Waals surface area contributed by atoms with Gasteiger partial charge < -0.3 is 9.84 Å². The molecule has 0 saturated heterocycles. The predicted molar refractivity (Wildman–Crippen MR) is 74.1 cm³/mol. The maximum atomic E-state index is 11.1. The van der Waals surface area contributed by atoms with Crippen LogP contribution in [0.3, 0.4) is 0 Å². The highest BCUT2D eigenvalue weighted by atomic mass is 35.5. The number of carbonyl (C=O) groups is 1. The van der Waals surface area contributed by atoms with Crippen LogP contribution in [0.25, 0.3) is 0 Å². The monoisotopic (exact) mass is 308 g/mol. The van der Waals surface area contributed by atoms with E-state index in [-0.39, 0.29) is 27.9 Å². The van der Waals surface area contributed by atoms with Gasteiger partial charge in [0.05, 0.1) is 4.92 Å². The van der Waals surface area contributed by atoms with Crippen LogP contribution in [0.4, 0.5) is 5.69 Å². The van der Waals surface area contributed by atoms with E-state index in [9.17, 15) is 14.9 Å². The van der Waals surface area contributed by atoms with E-state index in [1.165, 1.54) is 37.4 Å². The van der Waals surface area contributed by atoms with Gasteiger partial charge in [0.2, 0.25) is 0 Å². The zero-order chi connectivity index (χ0) is 15.6. The van der Waals surface area contributed by atoms with E-state index in [2.05, 4.69) is 4.98 Å². The molecule has 0 aliphatic rings. The fraction of sp³-hybridized carbons (Fsp3) is 0.0769. The molecule has 7 nitrogen and oxygen atoms in total. The minimum absolute atomic E-state index is 0.115. The number of carboxylic acids is 1. The van der Waals surface area contributed by atoms with Gasteiger partial charge in [0, 0.05) is 22.8 Å². The molecule has 2 rings (SSSR count). The minimum Gasteiger partial charge on any atom is -0.478 e. The van der Waals surface area contributed by atoms with E-state index in [1.807, 2.05) is 0 Å². The first-order chi connectivity index (χ1) is 9.90. The lowest BCUT2D eigenvalue weighted by molar-refractivity contribution is -0.386. The molecule has 1 aromatic heterocycles. The maximum absolute atomic E-state index is 11.1. The SMILES string of the molecule is Cc1ccnc(Oc2cc(Cl)ccc2C(=O)O)c1[N+](=O)[O-]. The number of nitro groups is 1. The van der Waals surface area contributed by atoms with Crippen LogP contribution in [0.1, 0.15) is 15.9 Å². The number of benzene rings is 1. The topological polar surface area (TPSA) is 103 Å². The molecule has 0 amide bonds. The lowest BCUT2D eigenvalue weighted by Gasteiger charge is -2.09. The van der Waals surface area contributed by atoms with Gasteiger partial charge in [-0.3, -0.25) is 10.1 Å². The normalized spacial score (nSPS) is 10.2. The van der Waals surface area contributed by atoms with Gasteiger partial charge in [-0.2, -0.15) is 0 Å². The molecule has 0 unspecified atom stereocenters. The molecule has 108 valence electrons. The third-order valence-electron chi connectivity index (χ3n) is 2.66. The van der Waals surface area contributed by atoms with Gasteiger partial charge in [-0.1, -0.05) is 11.6 Å². The number of aryl methyl sites for hydroxylation is 1. The van der Waals surface area contributed by atoms with E-state index < -0.39 is 10.9 Å². The summed E-state index contributed by atoms with van der Waals surface area (Å²) in [6, 6.07) is 5.36. The Morgan fingerprint density at radius 2 is 2.14 bits per heavy atom. The number of halogens is 1. The van der Waals surface area contributed by atoms with E-state index >= 15 is 0 Å². The van der Waals surface area contributed by atoms with Gasteiger partial charge in [0.25, 0.3) is 5.88 Å². The van der Waals surface area contributed by atoms with Crippen molar-refractivity contribution in [1.29, 1.82) is 0 Å². The smallest absolute Gasteiger partial charge is 0.339 e. The summed E-state index contributed by atoms with van der Waals surface area (Å²) in [6.45, 7) is 1.53. The van der Waals surface area contributed by atoms with Gasteiger partial charge in [-0.25, -0.2) is 9.78 Å². The van der Waals surface area contributed by atoms with Crippen molar-refractivity contribution < 1.29 is 19.6 Å². The van der Waals surface area contributed by atoms with E-state index in [0.717, 1.165) is 0 Å². The molecule has 0 bridgehead atoms. The van der Waals surface area contributed by atoms with Crippen molar-refractivity contribution in [2.24, 2.45) is 0 Å². The third-order valence-corrected chi connectivity index (χ3v) is 2.89. The van der Waals surface area contributed by atoms with Crippen LogP contribution in [-0.2, 0) is 0 Å². The number of hydrogen-bond donors (Lipinski definition) is 1. The Hall–Kier alpha value is -2.67. The number of ether oxygens (including phenoxy) is 1. The summed E-state index contributed by atoms with van der Waals surface area (Å²) >= 11 is 5.79. The summed E-state index contributed by atoms with van der Waals surface area (Å²) in [7, 11) is 0. The summed E-state index contributed by atoms with van der Waals surface area (Å²) in [5.41, 5.74) is -0.144. The summed E-state index contributed by atoms with van der Waals surface area (Å²) in [4.78, 5) is 25.3. The molecule has 8 heteroatoms. The molecule has 21 heavy (non-hydrogen) atoms. The highest BCUT2D eigenvalue weighted by Gasteiger charge is 2.22. The molecule has 1 N–H and O–H groups in total. The lowest BCUT2D eigenvalue weighted by atomic mass is 10.2. The molecule has 0 radical (unpaired) electrons. The van der Waals surface area contributed by atoms with Crippen LogP contribution in [0.5, 0.6) is 11.6 Å². The van der Waals surface area contributed by atoms with Crippen molar-refractivity contribution >= 4 is 23.3 Å². The molecule has 0 spiro atoms. The van der Waals surface area contributed by atoms with Crippen molar-refractivity contribution in [3.05, 3.63) is 56.7 Å². The Balaban J connectivity index is 2.53. The van der Waals surface area contributed by atoms with E-state index in [4.69, 9.17) is 21.4 Å². The fourth-order valence-corrected chi connectivity index (χ4v) is 1.85. The highest BCUT2D eigenvalue weighted by Crippen LogP contribution is 2.34. The standard InChI is InChI=1S/C13H9ClN2O5/c1-7-4-5-15-12(11(7)16(19)20)21-10-6-8(14)2-3-9(10)13(17)18/h2-6H,1H3,(H,17,18). The third kappa shape index (κ3) is 3.09. The fourth-order valence-electron chi connectivity index (χ4n) is 1.68. The van der Waals surface area contributed by atoms with Crippen LogP contribution in [0.2, 0.25) is 5.02 Å². The number of nitrogens with zero attached hydrogens (tertiary/aromatic N) is 2. The van der Waals surface area contributed by atoms with Crippen molar-refractivity contribution in [3.63, 3.8) is 0 Å². The Morgan fingerprint density at radius 1 is 1.43 bits per heavy atom. The predicted octanol–water partition coefficient (Wildman–Crippen LogP) is 3.44. The first-order valence-electron chi connectivity index (χ1n) is 5.71. The van der Waals surface area contributed by atoms with E-state index in [1.54, 1.807) is 0 Å². The largest absolute Gasteiger partial charge is 0.478 e. The summed E-state index contributed by atoms with van der Waals surface area (Å²) < 4.78 is 5.31. The number of hydrogen-bond acceptors (Lipinski definition) is 5. The van der Waals surface area contributed by atoms with Gasteiger partial charge in [0.1, 0.15) is 11.3 Å². The number of pyridine rings is 1. The molecule has 1 aromatic carbocycles. The Labute approximate surface area is 123 Å². The zero-order valence-electron chi connectivity index (χ0n) is 10.7. The van der Waals surface area contributed by atoms with Crippen molar-refractivity contribution in [2.75, 3.05) is 0 Å². The number of aromatic nitrogens is 1. The second-order valence-electron chi connectivity index (χ2n) is 4.09. The maximum Gasteiger partial charge on any atom is 0.339 e. The first kappa shape index (κ1) is 14.7. The van der Waals surface area contributed by atoms with Crippen molar-refractivity contribution in [2.45, 2.75) is 6.92 Å². The molecular weight excluding hydrogens is 300 g/mol. The number of carboxylic acid groups (broad SMARTS) is 1. The average Bonchev–Trinajstić information content (AvgIpc) is 2.37. The molecular formula is C13H9ClN2O5. The molecule has 2 aromatic rings.